The fourth-order valence-corrected chi connectivity index (χ4v) is 2.44. The Morgan fingerprint density at radius 1 is 0.850 bits per heavy atom. The van der Waals surface area contributed by atoms with E-state index in [2.05, 4.69) is 68.3 Å². The molecule has 0 unspecified atom stereocenters. The molecule has 2 nitrogen and oxygen atoms in total. The molecule has 0 fully saturated rings. The molecule has 0 heterocycles. The van der Waals surface area contributed by atoms with Gasteiger partial charge in [-0.1, -0.05) is 42.5 Å². The normalized spacial score (nSPS) is 11.1. The lowest BCUT2D eigenvalue weighted by molar-refractivity contribution is 0.319. The standard InChI is InChI=1S/C18H24N2/c1-14-7-8-18(9-15(14)2)13-20(3)12-17-6-4-5-16(10-17)11-19/h4-10H,11-13,19H2,1-3H3. The summed E-state index contributed by atoms with van der Waals surface area (Å²) >= 11 is 0. The molecule has 0 radical (unpaired) electrons. The molecule has 0 aliphatic rings. The molecule has 0 saturated heterocycles. The van der Waals surface area contributed by atoms with Crippen LogP contribution >= 0.6 is 0 Å². The minimum absolute atomic E-state index is 0.606. The van der Waals surface area contributed by atoms with Gasteiger partial charge in [0.1, 0.15) is 0 Å². The summed E-state index contributed by atoms with van der Waals surface area (Å²) in [5.41, 5.74) is 12.3. The first-order chi connectivity index (χ1) is 9.58. The molecule has 0 amide bonds. The highest BCUT2D eigenvalue weighted by Crippen LogP contribution is 2.13. The summed E-state index contributed by atoms with van der Waals surface area (Å²) in [7, 11) is 2.16. The minimum Gasteiger partial charge on any atom is -0.326 e. The minimum atomic E-state index is 0.606. The Morgan fingerprint density at radius 3 is 2.15 bits per heavy atom. The fourth-order valence-electron chi connectivity index (χ4n) is 2.44. The summed E-state index contributed by atoms with van der Waals surface area (Å²) in [5.74, 6) is 0. The maximum absolute atomic E-state index is 5.69. The van der Waals surface area contributed by atoms with E-state index < -0.39 is 0 Å². The molecular weight excluding hydrogens is 244 g/mol. The zero-order chi connectivity index (χ0) is 14.5. The average molecular weight is 268 g/mol. The van der Waals surface area contributed by atoms with Gasteiger partial charge in [-0.25, -0.2) is 0 Å². The van der Waals surface area contributed by atoms with E-state index in [1.54, 1.807) is 0 Å². The highest BCUT2D eigenvalue weighted by Gasteiger charge is 2.03. The van der Waals surface area contributed by atoms with Gasteiger partial charge in [-0.2, -0.15) is 0 Å². The number of aryl methyl sites for hydroxylation is 2. The number of hydrogen-bond acceptors (Lipinski definition) is 2. The summed E-state index contributed by atoms with van der Waals surface area (Å²) in [6, 6.07) is 15.2. The average Bonchev–Trinajstić information content (AvgIpc) is 2.43. The molecule has 0 bridgehead atoms. The first-order valence-corrected chi connectivity index (χ1v) is 7.11. The van der Waals surface area contributed by atoms with Crippen molar-refractivity contribution in [3.63, 3.8) is 0 Å². The van der Waals surface area contributed by atoms with Crippen LogP contribution in [0.15, 0.2) is 42.5 Å². The molecule has 2 N–H and O–H groups in total. The smallest absolute Gasteiger partial charge is 0.0234 e. The topological polar surface area (TPSA) is 29.3 Å². The van der Waals surface area contributed by atoms with Gasteiger partial charge in [0, 0.05) is 19.6 Å². The monoisotopic (exact) mass is 268 g/mol. The SMILES string of the molecule is Cc1ccc(CN(C)Cc2cccc(CN)c2)cc1C. The van der Waals surface area contributed by atoms with Crippen LogP contribution in [0.4, 0.5) is 0 Å². The lowest BCUT2D eigenvalue weighted by Gasteiger charge is -2.18. The number of rotatable bonds is 5. The Kier molecular flexibility index (Phi) is 4.94. The van der Waals surface area contributed by atoms with Gasteiger partial charge in [0.25, 0.3) is 0 Å². The predicted octanol–water partition coefficient (Wildman–Crippen LogP) is 3.39. The van der Waals surface area contributed by atoms with Crippen LogP contribution in [0.3, 0.4) is 0 Å². The van der Waals surface area contributed by atoms with Gasteiger partial charge in [-0.3, -0.25) is 4.90 Å². The maximum Gasteiger partial charge on any atom is 0.0234 e. The second-order valence-corrected chi connectivity index (χ2v) is 5.61. The Labute approximate surface area is 122 Å². The van der Waals surface area contributed by atoms with Gasteiger partial charge in [0.2, 0.25) is 0 Å². The van der Waals surface area contributed by atoms with Crippen molar-refractivity contribution in [3.8, 4) is 0 Å². The number of nitrogens with zero attached hydrogens (tertiary/aromatic N) is 1. The Morgan fingerprint density at radius 2 is 1.50 bits per heavy atom. The Balaban J connectivity index is 2.00. The van der Waals surface area contributed by atoms with E-state index in [0.717, 1.165) is 13.1 Å². The van der Waals surface area contributed by atoms with E-state index in [0.29, 0.717) is 6.54 Å². The van der Waals surface area contributed by atoms with E-state index in [4.69, 9.17) is 5.73 Å². The Bertz CT molecular complexity index is 575. The molecule has 0 aliphatic carbocycles. The van der Waals surface area contributed by atoms with Gasteiger partial charge in [-0.05, 0) is 48.7 Å². The Hall–Kier alpha value is -1.64. The predicted molar refractivity (Wildman–Crippen MR) is 85.4 cm³/mol. The van der Waals surface area contributed by atoms with Crippen LogP contribution in [0.25, 0.3) is 0 Å². The molecule has 0 saturated carbocycles. The molecule has 0 aliphatic heterocycles. The van der Waals surface area contributed by atoms with Crippen molar-refractivity contribution in [1.29, 1.82) is 0 Å². The van der Waals surface area contributed by atoms with Gasteiger partial charge >= 0.3 is 0 Å². The third-order valence-electron chi connectivity index (χ3n) is 3.70. The van der Waals surface area contributed by atoms with Crippen LogP contribution in [0.5, 0.6) is 0 Å². The quantitative estimate of drug-likeness (QED) is 0.900. The van der Waals surface area contributed by atoms with Gasteiger partial charge in [0.05, 0.1) is 0 Å². The second-order valence-electron chi connectivity index (χ2n) is 5.61. The van der Waals surface area contributed by atoms with Gasteiger partial charge < -0.3 is 5.73 Å². The molecule has 2 rings (SSSR count). The van der Waals surface area contributed by atoms with Gasteiger partial charge in [0.15, 0.2) is 0 Å². The van der Waals surface area contributed by atoms with Crippen LogP contribution in [-0.2, 0) is 19.6 Å². The number of benzene rings is 2. The molecule has 2 aromatic carbocycles. The largest absolute Gasteiger partial charge is 0.326 e. The fraction of sp³-hybridized carbons (Fsp3) is 0.333. The van der Waals surface area contributed by atoms with E-state index in [-0.39, 0.29) is 0 Å². The van der Waals surface area contributed by atoms with Crippen molar-refractivity contribution < 1.29 is 0 Å². The van der Waals surface area contributed by atoms with E-state index in [9.17, 15) is 0 Å². The highest BCUT2D eigenvalue weighted by atomic mass is 15.1. The van der Waals surface area contributed by atoms with E-state index in [1.165, 1.54) is 27.8 Å². The van der Waals surface area contributed by atoms with Crippen LogP contribution in [0.2, 0.25) is 0 Å². The molecule has 2 aromatic rings. The first kappa shape index (κ1) is 14.8. The molecule has 20 heavy (non-hydrogen) atoms. The van der Waals surface area contributed by atoms with E-state index in [1.807, 2.05) is 0 Å². The summed E-state index contributed by atoms with van der Waals surface area (Å²) in [4.78, 5) is 2.33. The van der Waals surface area contributed by atoms with Crippen molar-refractivity contribution >= 4 is 0 Å². The van der Waals surface area contributed by atoms with Gasteiger partial charge in [-0.15, -0.1) is 0 Å². The van der Waals surface area contributed by atoms with Crippen molar-refractivity contribution in [2.24, 2.45) is 5.73 Å². The first-order valence-electron chi connectivity index (χ1n) is 7.11. The van der Waals surface area contributed by atoms with Crippen LogP contribution in [0, 0.1) is 13.8 Å². The van der Waals surface area contributed by atoms with Crippen LogP contribution < -0.4 is 5.73 Å². The second kappa shape index (κ2) is 6.69. The summed E-state index contributed by atoms with van der Waals surface area (Å²) in [6.07, 6.45) is 0. The van der Waals surface area contributed by atoms with E-state index >= 15 is 0 Å². The lowest BCUT2D eigenvalue weighted by Crippen LogP contribution is -2.17. The molecule has 106 valence electrons. The lowest BCUT2D eigenvalue weighted by atomic mass is 10.1. The zero-order valence-electron chi connectivity index (χ0n) is 12.7. The van der Waals surface area contributed by atoms with Crippen LogP contribution in [0.1, 0.15) is 27.8 Å². The summed E-state index contributed by atoms with van der Waals surface area (Å²) in [6.45, 7) is 6.84. The third-order valence-corrected chi connectivity index (χ3v) is 3.70. The van der Waals surface area contributed by atoms with Crippen molar-refractivity contribution in [2.45, 2.75) is 33.5 Å². The van der Waals surface area contributed by atoms with Crippen molar-refractivity contribution in [2.75, 3.05) is 7.05 Å². The molecule has 0 aromatic heterocycles. The number of nitrogens with two attached hydrogens (primary N) is 1. The van der Waals surface area contributed by atoms with Crippen LogP contribution in [-0.4, -0.2) is 11.9 Å². The molecule has 2 heteroatoms. The summed E-state index contributed by atoms with van der Waals surface area (Å²) in [5, 5.41) is 0. The number of hydrogen-bond donors (Lipinski definition) is 1. The molecule has 0 atom stereocenters. The molecule has 0 spiro atoms. The maximum atomic E-state index is 5.69. The highest BCUT2D eigenvalue weighted by molar-refractivity contribution is 5.30. The summed E-state index contributed by atoms with van der Waals surface area (Å²) < 4.78 is 0. The van der Waals surface area contributed by atoms with Crippen molar-refractivity contribution in [1.82, 2.24) is 4.90 Å². The molecular formula is C18H24N2. The van der Waals surface area contributed by atoms with Crippen molar-refractivity contribution in [3.05, 3.63) is 70.3 Å². The zero-order valence-corrected chi connectivity index (χ0v) is 12.7. The third kappa shape index (κ3) is 3.92.